The van der Waals surface area contributed by atoms with Crippen LogP contribution in [0.25, 0.3) is 0 Å². The van der Waals surface area contributed by atoms with E-state index in [1.165, 1.54) is 0 Å². The van der Waals surface area contributed by atoms with Crippen molar-refractivity contribution in [1.29, 1.82) is 0 Å². The van der Waals surface area contributed by atoms with Gasteiger partial charge < -0.3 is 5.11 Å². The fourth-order valence-electron chi connectivity index (χ4n) is 1.79. The maximum absolute atomic E-state index is 12.0. The minimum Gasteiger partial charge on any atom is -0.507 e. The summed E-state index contributed by atoms with van der Waals surface area (Å²) in [6.45, 7) is 3.54. The minimum absolute atomic E-state index is 0.0218. The molecule has 108 valence electrons. The predicted molar refractivity (Wildman–Crippen MR) is 86.7 cm³/mol. The first-order chi connectivity index (χ1) is 9.99. The Bertz CT molecular complexity index is 694. The highest BCUT2D eigenvalue weighted by molar-refractivity contribution is 9.10. The van der Waals surface area contributed by atoms with Crippen molar-refractivity contribution in [1.82, 2.24) is 5.43 Å². The average Bonchev–Trinajstić information content (AvgIpc) is 2.48. The Kier molecular flexibility index (Phi) is 4.75. The lowest BCUT2D eigenvalue weighted by atomic mass is 10.1. The number of para-hydroxylation sites is 1. The van der Waals surface area contributed by atoms with Crippen molar-refractivity contribution in [3.05, 3.63) is 63.6 Å². The highest BCUT2D eigenvalue weighted by Gasteiger charge is 2.11. The second-order valence-corrected chi connectivity index (χ2v) is 5.53. The van der Waals surface area contributed by atoms with Crippen LogP contribution in [0.2, 0.25) is 0 Å². The van der Waals surface area contributed by atoms with Gasteiger partial charge in [0.2, 0.25) is 0 Å². The van der Waals surface area contributed by atoms with E-state index in [0.717, 1.165) is 10.0 Å². The lowest BCUT2D eigenvalue weighted by Crippen LogP contribution is -2.19. The SMILES string of the molecule is C/C(=N\NC(=O)c1cccc(C)c1O)c1ccc(Br)cc1. The van der Waals surface area contributed by atoms with E-state index < -0.39 is 5.91 Å². The van der Waals surface area contributed by atoms with Crippen LogP contribution in [0.1, 0.15) is 28.4 Å². The Hall–Kier alpha value is -2.14. The molecule has 2 N–H and O–H groups in total. The van der Waals surface area contributed by atoms with Gasteiger partial charge in [-0.3, -0.25) is 4.79 Å². The number of phenolic OH excluding ortho intramolecular Hbond substituents is 1. The van der Waals surface area contributed by atoms with E-state index in [-0.39, 0.29) is 11.3 Å². The number of nitrogens with zero attached hydrogens (tertiary/aromatic N) is 1. The fraction of sp³-hybridized carbons (Fsp3) is 0.125. The van der Waals surface area contributed by atoms with Crippen molar-refractivity contribution >= 4 is 27.5 Å². The van der Waals surface area contributed by atoms with Gasteiger partial charge in [-0.15, -0.1) is 0 Å². The minimum atomic E-state index is -0.437. The van der Waals surface area contributed by atoms with E-state index in [0.29, 0.717) is 11.3 Å². The molecule has 1 amide bonds. The number of amides is 1. The number of benzene rings is 2. The van der Waals surface area contributed by atoms with Gasteiger partial charge in [-0.25, -0.2) is 5.43 Å². The molecule has 2 aromatic rings. The summed E-state index contributed by atoms with van der Waals surface area (Å²) in [4.78, 5) is 12.0. The molecule has 0 unspecified atom stereocenters. The monoisotopic (exact) mass is 346 g/mol. The number of carbonyl (C=O) groups excluding carboxylic acids is 1. The average molecular weight is 347 g/mol. The fourth-order valence-corrected chi connectivity index (χ4v) is 2.06. The summed E-state index contributed by atoms with van der Waals surface area (Å²) < 4.78 is 0.979. The molecule has 0 heterocycles. The van der Waals surface area contributed by atoms with Crippen LogP contribution >= 0.6 is 15.9 Å². The van der Waals surface area contributed by atoms with Crippen LogP contribution in [-0.4, -0.2) is 16.7 Å². The molecule has 0 aliphatic carbocycles. The highest BCUT2D eigenvalue weighted by atomic mass is 79.9. The smallest absolute Gasteiger partial charge is 0.275 e. The summed E-state index contributed by atoms with van der Waals surface area (Å²) in [6, 6.07) is 12.6. The molecule has 0 saturated heterocycles. The third-order valence-electron chi connectivity index (χ3n) is 3.07. The van der Waals surface area contributed by atoms with E-state index in [2.05, 4.69) is 26.5 Å². The van der Waals surface area contributed by atoms with E-state index in [1.807, 2.05) is 24.3 Å². The molecular weight excluding hydrogens is 332 g/mol. The number of carbonyl (C=O) groups is 1. The summed E-state index contributed by atoms with van der Waals surface area (Å²) in [7, 11) is 0. The van der Waals surface area contributed by atoms with Crippen molar-refractivity contribution in [2.24, 2.45) is 5.10 Å². The third kappa shape index (κ3) is 3.70. The largest absolute Gasteiger partial charge is 0.507 e. The third-order valence-corrected chi connectivity index (χ3v) is 3.60. The van der Waals surface area contributed by atoms with Gasteiger partial charge in [-0.2, -0.15) is 5.10 Å². The molecule has 0 saturated carbocycles. The van der Waals surface area contributed by atoms with Gasteiger partial charge in [0.25, 0.3) is 5.91 Å². The number of aromatic hydroxyl groups is 1. The summed E-state index contributed by atoms with van der Waals surface area (Å²) in [5.74, 6) is -0.459. The first kappa shape index (κ1) is 15.3. The molecule has 5 heteroatoms. The molecule has 4 nitrogen and oxygen atoms in total. The molecule has 0 atom stereocenters. The number of hydrazone groups is 1. The normalized spacial score (nSPS) is 11.3. The van der Waals surface area contributed by atoms with Gasteiger partial charge in [-0.05, 0) is 43.2 Å². The number of nitrogens with one attached hydrogen (secondary N) is 1. The molecule has 0 aliphatic rings. The van der Waals surface area contributed by atoms with Crippen LogP contribution in [-0.2, 0) is 0 Å². The number of halogens is 1. The summed E-state index contributed by atoms with van der Waals surface area (Å²) >= 11 is 3.36. The number of hydrogen-bond acceptors (Lipinski definition) is 3. The van der Waals surface area contributed by atoms with Crippen LogP contribution in [0.4, 0.5) is 0 Å². The zero-order chi connectivity index (χ0) is 15.4. The van der Waals surface area contributed by atoms with Gasteiger partial charge in [0.15, 0.2) is 0 Å². The standard InChI is InChI=1S/C16H15BrN2O2/c1-10-4-3-5-14(15(10)20)16(21)19-18-11(2)12-6-8-13(17)9-7-12/h3-9,20H,1-2H3,(H,19,21)/b18-11+. The Labute approximate surface area is 131 Å². The van der Waals surface area contributed by atoms with E-state index in [9.17, 15) is 9.90 Å². The van der Waals surface area contributed by atoms with Crippen molar-refractivity contribution in [3.63, 3.8) is 0 Å². The molecule has 21 heavy (non-hydrogen) atoms. The Morgan fingerprint density at radius 3 is 2.52 bits per heavy atom. The first-order valence-electron chi connectivity index (χ1n) is 6.38. The van der Waals surface area contributed by atoms with Crippen LogP contribution < -0.4 is 5.43 Å². The lowest BCUT2D eigenvalue weighted by Gasteiger charge is -2.06. The summed E-state index contributed by atoms with van der Waals surface area (Å²) in [6.07, 6.45) is 0. The molecule has 0 spiro atoms. The van der Waals surface area contributed by atoms with Gasteiger partial charge in [0, 0.05) is 4.47 Å². The number of hydrogen-bond donors (Lipinski definition) is 2. The van der Waals surface area contributed by atoms with Crippen LogP contribution in [0, 0.1) is 6.92 Å². The van der Waals surface area contributed by atoms with E-state index in [1.54, 1.807) is 32.0 Å². The van der Waals surface area contributed by atoms with Crippen molar-refractivity contribution < 1.29 is 9.90 Å². The van der Waals surface area contributed by atoms with Gasteiger partial charge >= 0.3 is 0 Å². The second kappa shape index (κ2) is 6.54. The Morgan fingerprint density at radius 1 is 1.19 bits per heavy atom. The van der Waals surface area contributed by atoms with Crippen LogP contribution in [0.15, 0.2) is 52.0 Å². The molecule has 2 rings (SSSR count). The second-order valence-electron chi connectivity index (χ2n) is 4.62. The first-order valence-corrected chi connectivity index (χ1v) is 7.17. The molecule has 0 fully saturated rings. The van der Waals surface area contributed by atoms with Gasteiger partial charge in [-0.1, -0.05) is 40.2 Å². The van der Waals surface area contributed by atoms with Gasteiger partial charge in [0.05, 0.1) is 11.3 Å². The molecular formula is C16H15BrN2O2. The van der Waals surface area contributed by atoms with E-state index >= 15 is 0 Å². The maximum atomic E-state index is 12.0. The topological polar surface area (TPSA) is 61.7 Å². The number of aryl methyl sites for hydroxylation is 1. The molecule has 2 aromatic carbocycles. The quantitative estimate of drug-likeness (QED) is 0.658. The number of phenols is 1. The van der Waals surface area contributed by atoms with Crippen molar-refractivity contribution in [3.8, 4) is 5.75 Å². The molecule has 0 aromatic heterocycles. The highest BCUT2D eigenvalue weighted by Crippen LogP contribution is 2.21. The maximum Gasteiger partial charge on any atom is 0.275 e. The van der Waals surface area contributed by atoms with Crippen molar-refractivity contribution in [2.75, 3.05) is 0 Å². The summed E-state index contributed by atoms with van der Waals surface area (Å²) in [5, 5.41) is 13.9. The van der Waals surface area contributed by atoms with Crippen LogP contribution in [0.3, 0.4) is 0 Å². The zero-order valence-electron chi connectivity index (χ0n) is 11.7. The molecule has 0 radical (unpaired) electrons. The zero-order valence-corrected chi connectivity index (χ0v) is 13.3. The van der Waals surface area contributed by atoms with Crippen molar-refractivity contribution in [2.45, 2.75) is 13.8 Å². The Morgan fingerprint density at radius 2 is 1.86 bits per heavy atom. The number of rotatable bonds is 3. The van der Waals surface area contributed by atoms with Gasteiger partial charge in [0.1, 0.15) is 5.75 Å². The molecule has 0 aliphatic heterocycles. The van der Waals surface area contributed by atoms with Crippen LogP contribution in [0.5, 0.6) is 5.75 Å². The summed E-state index contributed by atoms with van der Waals surface area (Å²) in [5.41, 5.74) is 4.91. The molecule has 0 bridgehead atoms. The van der Waals surface area contributed by atoms with E-state index in [4.69, 9.17) is 0 Å². The lowest BCUT2D eigenvalue weighted by molar-refractivity contribution is 0.0952. The predicted octanol–water partition coefficient (Wildman–Crippen LogP) is 3.62. The Balaban J connectivity index is 2.14.